The Morgan fingerprint density at radius 1 is 1.36 bits per heavy atom. The van der Waals surface area contributed by atoms with Crippen LogP contribution in [0.2, 0.25) is 0 Å². The van der Waals surface area contributed by atoms with Gasteiger partial charge in [0, 0.05) is 6.42 Å². The molecule has 1 saturated carbocycles. The lowest BCUT2D eigenvalue weighted by molar-refractivity contribution is 0.599. The van der Waals surface area contributed by atoms with Crippen LogP contribution >= 0.6 is 0 Å². The van der Waals surface area contributed by atoms with Gasteiger partial charge in [0.05, 0.1) is 6.07 Å². The molecule has 0 atom stereocenters. The molecule has 2 nitrogen and oxygen atoms in total. The minimum Gasteiger partial charge on any atom is -0.316 e. The number of hydrogen-bond donors (Lipinski definition) is 1. The molecule has 0 aromatic rings. The first-order valence-electron chi connectivity index (χ1n) is 4.51. The summed E-state index contributed by atoms with van der Waals surface area (Å²) >= 11 is 0. The van der Waals surface area contributed by atoms with Crippen molar-refractivity contribution in [2.75, 3.05) is 13.1 Å². The summed E-state index contributed by atoms with van der Waals surface area (Å²) in [6, 6.07) is 2.15. The number of rotatable bonds is 6. The summed E-state index contributed by atoms with van der Waals surface area (Å²) < 4.78 is 0. The van der Waals surface area contributed by atoms with Gasteiger partial charge in [-0.05, 0) is 44.7 Å². The second-order valence-electron chi connectivity index (χ2n) is 3.26. The van der Waals surface area contributed by atoms with E-state index in [1.54, 1.807) is 0 Å². The number of unbranched alkanes of at least 4 members (excludes halogenated alkanes) is 2. The molecule has 1 aliphatic carbocycles. The second kappa shape index (κ2) is 5.15. The Balaban J connectivity index is 1.70. The molecule has 0 heterocycles. The van der Waals surface area contributed by atoms with Gasteiger partial charge in [-0.25, -0.2) is 0 Å². The smallest absolute Gasteiger partial charge is 0.0621 e. The van der Waals surface area contributed by atoms with Gasteiger partial charge in [0.1, 0.15) is 0 Å². The molecular weight excluding hydrogens is 136 g/mol. The van der Waals surface area contributed by atoms with E-state index in [0.717, 1.165) is 25.3 Å². The minimum absolute atomic E-state index is 0.713. The van der Waals surface area contributed by atoms with E-state index in [1.807, 2.05) is 0 Å². The fourth-order valence-electron chi connectivity index (χ4n) is 1.08. The fraction of sp³-hybridized carbons (Fsp3) is 0.889. The molecule has 1 rings (SSSR count). The van der Waals surface area contributed by atoms with Crippen molar-refractivity contribution >= 4 is 0 Å². The van der Waals surface area contributed by atoms with Gasteiger partial charge in [-0.15, -0.1) is 0 Å². The third-order valence-corrected chi connectivity index (χ3v) is 2.02. The predicted molar refractivity (Wildman–Crippen MR) is 45.1 cm³/mol. The molecule has 2 heteroatoms. The first-order valence-corrected chi connectivity index (χ1v) is 4.51. The van der Waals surface area contributed by atoms with Gasteiger partial charge in [-0.3, -0.25) is 0 Å². The lowest BCUT2D eigenvalue weighted by Gasteiger charge is -2.00. The first kappa shape index (κ1) is 8.55. The summed E-state index contributed by atoms with van der Waals surface area (Å²) in [6.07, 6.45) is 5.76. The third-order valence-electron chi connectivity index (χ3n) is 2.02. The minimum atomic E-state index is 0.713. The van der Waals surface area contributed by atoms with Crippen LogP contribution in [0.15, 0.2) is 0 Å². The second-order valence-corrected chi connectivity index (χ2v) is 3.26. The van der Waals surface area contributed by atoms with E-state index < -0.39 is 0 Å². The van der Waals surface area contributed by atoms with Crippen molar-refractivity contribution in [1.82, 2.24) is 5.32 Å². The van der Waals surface area contributed by atoms with E-state index in [0.29, 0.717) is 6.42 Å². The van der Waals surface area contributed by atoms with Crippen LogP contribution < -0.4 is 5.32 Å². The molecule has 1 fully saturated rings. The van der Waals surface area contributed by atoms with Crippen LogP contribution in [0.1, 0.15) is 32.1 Å². The highest BCUT2D eigenvalue weighted by Gasteiger charge is 2.19. The number of nitriles is 1. The standard InChI is InChI=1S/C9H16N2/c10-6-2-1-3-7-11-8-9-4-5-9/h9,11H,1-5,7-8H2. The van der Waals surface area contributed by atoms with Crippen molar-refractivity contribution in [2.24, 2.45) is 5.92 Å². The number of hydrogen-bond acceptors (Lipinski definition) is 2. The van der Waals surface area contributed by atoms with E-state index >= 15 is 0 Å². The molecule has 0 radical (unpaired) electrons. The summed E-state index contributed by atoms with van der Waals surface area (Å²) in [5, 5.41) is 11.6. The highest BCUT2D eigenvalue weighted by Crippen LogP contribution is 2.27. The first-order chi connectivity index (χ1) is 5.43. The lowest BCUT2D eigenvalue weighted by atomic mass is 10.2. The van der Waals surface area contributed by atoms with Gasteiger partial charge >= 0.3 is 0 Å². The van der Waals surface area contributed by atoms with Crippen molar-refractivity contribution < 1.29 is 0 Å². The Morgan fingerprint density at radius 3 is 2.82 bits per heavy atom. The monoisotopic (exact) mass is 152 g/mol. The van der Waals surface area contributed by atoms with Crippen LogP contribution in [0, 0.1) is 17.2 Å². The molecule has 0 aromatic carbocycles. The van der Waals surface area contributed by atoms with Gasteiger partial charge in [0.25, 0.3) is 0 Å². The van der Waals surface area contributed by atoms with Crippen molar-refractivity contribution in [1.29, 1.82) is 5.26 Å². The number of nitrogens with zero attached hydrogens (tertiary/aromatic N) is 1. The molecule has 0 aromatic heterocycles. The molecule has 0 aliphatic heterocycles. The Hall–Kier alpha value is -0.550. The third kappa shape index (κ3) is 4.80. The molecule has 0 bridgehead atoms. The normalized spacial score (nSPS) is 16.3. The van der Waals surface area contributed by atoms with E-state index in [4.69, 9.17) is 5.26 Å². The molecule has 62 valence electrons. The van der Waals surface area contributed by atoms with E-state index in [2.05, 4.69) is 11.4 Å². The molecule has 0 saturated heterocycles. The number of nitrogens with one attached hydrogen (secondary N) is 1. The zero-order chi connectivity index (χ0) is 7.94. The molecule has 0 amide bonds. The summed E-state index contributed by atoms with van der Waals surface area (Å²) in [5.41, 5.74) is 0. The Morgan fingerprint density at radius 2 is 2.18 bits per heavy atom. The maximum atomic E-state index is 8.25. The van der Waals surface area contributed by atoms with Crippen molar-refractivity contribution in [3.63, 3.8) is 0 Å². The van der Waals surface area contributed by atoms with Gasteiger partial charge in [0.2, 0.25) is 0 Å². The Kier molecular flexibility index (Phi) is 4.00. The quantitative estimate of drug-likeness (QED) is 0.588. The molecule has 1 aliphatic rings. The predicted octanol–water partition coefficient (Wildman–Crippen LogP) is 1.68. The zero-order valence-electron chi connectivity index (χ0n) is 6.97. The fourth-order valence-corrected chi connectivity index (χ4v) is 1.08. The van der Waals surface area contributed by atoms with Crippen LogP contribution in [0.5, 0.6) is 0 Å². The summed E-state index contributed by atoms with van der Waals surface area (Å²) in [6.45, 7) is 2.30. The largest absolute Gasteiger partial charge is 0.316 e. The van der Waals surface area contributed by atoms with Gasteiger partial charge in [-0.2, -0.15) is 5.26 Å². The van der Waals surface area contributed by atoms with E-state index in [-0.39, 0.29) is 0 Å². The average molecular weight is 152 g/mol. The highest BCUT2D eigenvalue weighted by molar-refractivity contribution is 4.75. The summed E-state index contributed by atoms with van der Waals surface area (Å²) in [4.78, 5) is 0. The molecule has 11 heavy (non-hydrogen) atoms. The van der Waals surface area contributed by atoms with E-state index in [9.17, 15) is 0 Å². The van der Waals surface area contributed by atoms with Gasteiger partial charge < -0.3 is 5.32 Å². The molecular formula is C9H16N2. The van der Waals surface area contributed by atoms with Gasteiger partial charge in [0.15, 0.2) is 0 Å². The van der Waals surface area contributed by atoms with Gasteiger partial charge in [-0.1, -0.05) is 0 Å². The zero-order valence-corrected chi connectivity index (χ0v) is 6.97. The molecule has 0 unspecified atom stereocenters. The maximum absolute atomic E-state index is 8.25. The molecule has 0 spiro atoms. The van der Waals surface area contributed by atoms with Crippen molar-refractivity contribution in [3.8, 4) is 6.07 Å². The van der Waals surface area contributed by atoms with Crippen LogP contribution in [-0.2, 0) is 0 Å². The average Bonchev–Trinajstić information content (AvgIpc) is 2.80. The Bertz CT molecular complexity index is 133. The highest BCUT2D eigenvalue weighted by atomic mass is 14.9. The van der Waals surface area contributed by atoms with Crippen LogP contribution in [-0.4, -0.2) is 13.1 Å². The van der Waals surface area contributed by atoms with Crippen LogP contribution in [0.3, 0.4) is 0 Å². The van der Waals surface area contributed by atoms with E-state index in [1.165, 1.54) is 19.4 Å². The van der Waals surface area contributed by atoms with Crippen LogP contribution in [0.4, 0.5) is 0 Å². The summed E-state index contributed by atoms with van der Waals surface area (Å²) in [7, 11) is 0. The SMILES string of the molecule is N#CCCCCNCC1CC1. The van der Waals surface area contributed by atoms with Crippen LogP contribution in [0.25, 0.3) is 0 Å². The Labute approximate surface area is 68.6 Å². The molecule has 1 N–H and O–H groups in total. The van der Waals surface area contributed by atoms with Crippen molar-refractivity contribution in [3.05, 3.63) is 0 Å². The van der Waals surface area contributed by atoms with Crippen molar-refractivity contribution in [2.45, 2.75) is 32.1 Å². The summed E-state index contributed by atoms with van der Waals surface area (Å²) in [5.74, 6) is 0.978. The lowest BCUT2D eigenvalue weighted by Crippen LogP contribution is -2.17. The maximum Gasteiger partial charge on any atom is 0.0621 e. The topological polar surface area (TPSA) is 35.8 Å².